The molecule has 1 N–H and O–H groups in total. The highest BCUT2D eigenvalue weighted by Gasteiger charge is 2.26. The fourth-order valence-corrected chi connectivity index (χ4v) is 5.09. The molecule has 1 unspecified atom stereocenters. The molecule has 0 bridgehead atoms. The first-order valence-electron chi connectivity index (χ1n) is 12.0. The molecule has 1 atom stereocenters. The molecule has 172 valence electrons. The number of rotatable bonds is 8. The Morgan fingerprint density at radius 3 is 2.77 bits per heavy atom. The van der Waals surface area contributed by atoms with Crippen molar-refractivity contribution in [3.05, 3.63) is 17.8 Å². The molecular weight excluding hydrogens is 392 g/mol. The van der Waals surface area contributed by atoms with Crippen molar-refractivity contribution < 1.29 is 14.3 Å². The maximum atomic E-state index is 12.1. The lowest BCUT2D eigenvalue weighted by Gasteiger charge is -2.37. The Bertz CT molecular complexity index is 728. The zero-order valence-electron chi connectivity index (χ0n) is 19.1. The number of carbonyl (C=O) groups is 1. The molecule has 1 saturated heterocycles. The third-order valence-electron chi connectivity index (χ3n) is 7.20. The highest BCUT2D eigenvalue weighted by Crippen LogP contribution is 2.34. The van der Waals surface area contributed by atoms with Crippen LogP contribution in [0.5, 0.6) is 5.75 Å². The molecule has 4 rings (SSSR count). The van der Waals surface area contributed by atoms with E-state index in [4.69, 9.17) is 9.47 Å². The predicted molar refractivity (Wildman–Crippen MR) is 122 cm³/mol. The molecule has 0 aromatic carbocycles. The van der Waals surface area contributed by atoms with E-state index in [1.807, 2.05) is 13.1 Å². The van der Waals surface area contributed by atoms with E-state index in [-0.39, 0.29) is 12.0 Å². The van der Waals surface area contributed by atoms with E-state index >= 15 is 0 Å². The standard InChI is InChI=1S/C24H38N4O3/c1-18(30-2)17-22(29)26-21-5-3-19(4-6-21)8-11-27-12-14-28(15-13-27)24-23-20(7-10-25-24)9-16-31-23/h7,10,18-19,21H,3-6,8-9,11-17H2,1-2H3,(H,26,29)/t18?,19-,21-. The summed E-state index contributed by atoms with van der Waals surface area (Å²) in [5.41, 5.74) is 1.30. The summed E-state index contributed by atoms with van der Waals surface area (Å²) in [6.07, 6.45) is 9.30. The fraction of sp³-hybridized carbons (Fsp3) is 0.750. The van der Waals surface area contributed by atoms with Crippen molar-refractivity contribution in [1.29, 1.82) is 0 Å². The van der Waals surface area contributed by atoms with E-state index in [0.29, 0.717) is 12.5 Å². The molecule has 1 amide bonds. The van der Waals surface area contributed by atoms with Gasteiger partial charge in [0.15, 0.2) is 11.6 Å². The van der Waals surface area contributed by atoms with E-state index in [2.05, 4.69) is 26.2 Å². The summed E-state index contributed by atoms with van der Waals surface area (Å²) in [5.74, 6) is 2.96. The summed E-state index contributed by atoms with van der Waals surface area (Å²) >= 11 is 0. The Morgan fingerprint density at radius 2 is 2.03 bits per heavy atom. The smallest absolute Gasteiger partial charge is 0.222 e. The predicted octanol–water partition coefficient (Wildman–Crippen LogP) is 2.63. The van der Waals surface area contributed by atoms with Crippen LogP contribution in [0.2, 0.25) is 0 Å². The van der Waals surface area contributed by atoms with Crippen molar-refractivity contribution in [2.45, 2.75) is 64.0 Å². The van der Waals surface area contributed by atoms with Gasteiger partial charge in [-0.25, -0.2) is 4.98 Å². The quantitative estimate of drug-likeness (QED) is 0.684. The minimum Gasteiger partial charge on any atom is -0.489 e. The Kier molecular flexibility index (Phi) is 7.67. The van der Waals surface area contributed by atoms with Crippen LogP contribution in [0.25, 0.3) is 0 Å². The Morgan fingerprint density at radius 1 is 1.26 bits per heavy atom. The van der Waals surface area contributed by atoms with Crippen LogP contribution in [0.1, 0.15) is 51.0 Å². The van der Waals surface area contributed by atoms with Gasteiger partial charge in [-0.15, -0.1) is 0 Å². The molecule has 31 heavy (non-hydrogen) atoms. The summed E-state index contributed by atoms with van der Waals surface area (Å²) in [4.78, 5) is 21.7. The van der Waals surface area contributed by atoms with Gasteiger partial charge in [-0.1, -0.05) is 0 Å². The van der Waals surface area contributed by atoms with Gasteiger partial charge in [0.05, 0.1) is 19.1 Å². The molecule has 7 nitrogen and oxygen atoms in total. The average Bonchev–Trinajstić information content (AvgIpc) is 3.28. The number of pyridine rings is 1. The second kappa shape index (κ2) is 10.6. The minimum absolute atomic E-state index is 0.0112. The number of carbonyl (C=O) groups excluding carboxylic acids is 1. The highest BCUT2D eigenvalue weighted by molar-refractivity contribution is 5.76. The molecule has 2 fully saturated rings. The average molecular weight is 431 g/mol. The zero-order chi connectivity index (χ0) is 21.6. The molecule has 2 aliphatic heterocycles. The fourth-order valence-electron chi connectivity index (χ4n) is 5.09. The number of hydrogen-bond donors (Lipinski definition) is 1. The maximum Gasteiger partial charge on any atom is 0.222 e. The molecular formula is C24H38N4O3. The molecule has 1 aliphatic carbocycles. The second-order valence-electron chi connectivity index (χ2n) is 9.37. The van der Waals surface area contributed by atoms with Crippen LogP contribution < -0.4 is 15.0 Å². The van der Waals surface area contributed by atoms with E-state index in [1.165, 1.54) is 31.4 Å². The normalized spacial score (nSPS) is 25.0. The van der Waals surface area contributed by atoms with Crippen LogP contribution in [0, 0.1) is 5.92 Å². The third kappa shape index (κ3) is 5.89. The van der Waals surface area contributed by atoms with Crippen molar-refractivity contribution >= 4 is 11.7 Å². The van der Waals surface area contributed by atoms with Crippen LogP contribution in [-0.2, 0) is 16.0 Å². The minimum atomic E-state index is -0.0112. The van der Waals surface area contributed by atoms with Gasteiger partial charge in [0.25, 0.3) is 0 Å². The topological polar surface area (TPSA) is 66.9 Å². The van der Waals surface area contributed by atoms with Crippen molar-refractivity contribution in [3.8, 4) is 5.75 Å². The number of ether oxygens (including phenoxy) is 2. The van der Waals surface area contributed by atoms with Gasteiger partial charge >= 0.3 is 0 Å². The third-order valence-corrected chi connectivity index (χ3v) is 7.20. The second-order valence-corrected chi connectivity index (χ2v) is 9.37. The number of amides is 1. The molecule has 1 saturated carbocycles. The Hall–Kier alpha value is -1.86. The van der Waals surface area contributed by atoms with Crippen molar-refractivity contribution in [1.82, 2.24) is 15.2 Å². The summed E-state index contributed by atoms with van der Waals surface area (Å²) < 4.78 is 11.0. The highest BCUT2D eigenvalue weighted by atomic mass is 16.5. The summed E-state index contributed by atoms with van der Waals surface area (Å²) in [6.45, 7) is 8.12. The van der Waals surface area contributed by atoms with E-state index in [1.54, 1.807) is 7.11 Å². The summed E-state index contributed by atoms with van der Waals surface area (Å²) in [6, 6.07) is 2.43. The van der Waals surface area contributed by atoms with Gasteiger partial charge < -0.3 is 19.7 Å². The van der Waals surface area contributed by atoms with Gasteiger partial charge in [0.2, 0.25) is 5.91 Å². The lowest BCUT2D eigenvalue weighted by atomic mass is 9.84. The van der Waals surface area contributed by atoms with Crippen molar-refractivity contribution in [2.75, 3.05) is 51.3 Å². The molecule has 0 spiro atoms. The number of fused-ring (bicyclic) bond motifs is 1. The van der Waals surface area contributed by atoms with Crippen LogP contribution in [0.3, 0.4) is 0 Å². The van der Waals surface area contributed by atoms with Gasteiger partial charge in [-0.2, -0.15) is 0 Å². The number of hydrogen-bond acceptors (Lipinski definition) is 6. The number of nitrogens with one attached hydrogen (secondary N) is 1. The Labute approximate surface area is 186 Å². The number of methoxy groups -OCH3 is 1. The number of aromatic nitrogens is 1. The first-order valence-corrected chi connectivity index (χ1v) is 12.0. The first-order chi connectivity index (χ1) is 15.1. The van der Waals surface area contributed by atoms with E-state index < -0.39 is 0 Å². The van der Waals surface area contributed by atoms with Crippen LogP contribution >= 0.6 is 0 Å². The van der Waals surface area contributed by atoms with Crippen LogP contribution in [-0.4, -0.2) is 74.4 Å². The Balaban J connectivity index is 1.14. The van der Waals surface area contributed by atoms with Gasteiger partial charge in [0.1, 0.15) is 0 Å². The number of anilines is 1. The maximum absolute atomic E-state index is 12.1. The number of nitrogens with zero attached hydrogens (tertiary/aromatic N) is 3. The monoisotopic (exact) mass is 430 g/mol. The van der Waals surface area contributed by atoms with Gasteiger partial charge in [-0.05, 0) is 57.6 Å². The van der Waals surface area contributed by atoms with E-state index in [0.717, 1.165) is 69.5 Å². The molecule has 0 radical (unpaired) electrons. The van der Waals surface area contributed by atoms with Gasteiger partial charge in [-0.3, -0.25) is 9.69 Å². The molecule has 3 heterocycles. The number of piperazine rings is 1. The molecule has 1 aromatic rings. The lowest BCUT2D eigenvalue weighted by molar-refractivity contribution is -0.124. The van der Waals surface area contributed by atoms with Crippen molar-refractivity contribution in [2.24, 2.45) is 5.92 Å². The molecule has 3 aliphatic rings. The zero-order valence-corrected chi connectivity index (χ0v) is 19.1. The SMILES string of the molecule is COC(C)CC(=O)N[C@H]1CC[C@H](CCN2CCN(c3nccc4c3OCC4)CC2)CC1. The largest absolute Gasteiger partial charge is 0.489 e. The van der Waals surface area contributed by atoms with Crippen molar-refractivity contribution in [3.63, 3.8) is 0 Å². The van der Waals surface area contributed by atoms with Gasteiger partial charge in [0, 0.05) is 57.5 Å². The first kappa shape index (κ1) is 22.3. The van der Waals surface area contributed by atoms with E-state index in [9.17, 15) is 4.79 Å². The molecule has 7 heteroatoms. The van der Waals surface area contributed by atoms with Crippen LogP contribution in [0.4, 0.5) is 5.82 Å². The molecule has 1 aromatic heterocycles. The summed E-state index contributed by atoms with van der Waals surface area (Å²) in [5, 5.41) is 3.20. The van der Waals surface area contributed by atoms with Crippen LogP contribution in [0.15, 0.2) is 12.3 Å². The summed E-state index contributed by atoms with van der Waals surface area (Å²) in [7, 11) is 1.65. The lowest BCUT2D eigenvalue weighted by Crippen LogP contribution is -2.47.